The van der Waals surface area contributed by atoms with Crippen LogP contribution in [0.5, 0.6) is 11.5 Å². The lowest BCUT2D eigenvalue weighted by Crippen LogP contribution is -2.27. The number of rotatable bonds is 3. The molecule has 2 aliphatic rings. The number of hydrogen-bond donors (Lipinski definition) is 1. The normalized spacial score (nSPS) is 15.5. The van der Waals surface area contributed by atoms with Gasteiger partial charge in [0.25, 0.3) is 11.5 Å². The van der Waals surface area contributed by atoms with Crippen LogP contribution in [0.15, 0.2) is 41.2 Å². The van der Waals surface area contributed by atoms with E-state index in [9.17, 15) is 9.59 Å². The van der Waals surface area contributed by atoms with Gasteiger partial charge in [0, 0.05) is 18.5 Å². The molecule has 0 saturated heterocycles. The number of aryl methyl sites for hydroxylation is 1. The van der Waals surface area contributed by atoms with E-state index in [-0.39, 0.29) is 24.3 Å². The van der Waals surface area contributed by atoms with Gasteiger partial charge < -0.3 is 14.8 Å². The molecule has 0 bridgehead atoms. The summed E-state index contributed by atoms with van der Waals surface area (Å²) in [7, 11) is 0. The van der Waals surface area contributed by atoms with Crippen LogP contribution in [0.1, 0.15) is 41.1 Å². The Labute approximate surface area is 160 Å². The van der Waals surface area contributed by atoms with Crippen molar-refractivity contribution in [1.82, 2.24) is 14.9 Å². The van der Waals surface area contributed by atoms with E-state index in [4.69, 9.17) is 9.47 Å². The second-order valence-corrected chi connectivity index (χ2v) is 7.13. The molecule has 1 unspecified atom stereocenters. The highest BCUT2D eigenvalue weighted by Gasteiger charge is 2.19. The van der Waals surface area contributed by atoms with Crippen molar-refractivity contribution in [2.24, 2.45) is 0 Å². The molecule has 0 spiro atoms. The van der Waals surface area contributed by atoms with Crippen LogP contribution < -0.4 is 20.3 Å². The predicted octanol–water partition coefficient (Wildman–Crippen LogP) is 2.56. The summed E-state index contributed by atoms with van der Waals surface area (Å²) in [6.07, 6.45) is 1.72. The fourth-order valence-electron chi connectivity index (χ4n) is 3.77. The molecule has 2 aromatic carbocycles. The molecular formula is C21H19N3O4. The third-order valence-electron chi connectivity index (χ3n) is 5.32. The van der Waals surface area contributed by atoms with Crippen LogP contribution in [-0.4, -0.2) is 22.3 Å². The maximum atomic E-state index is 12.7. The molecular weight excluding hydrogens is 358 g/mol. The Balaban J connectivity index is 1.41. The minimum atomic E-state index is -0.213. The van der Waals surface area contributed by atoms with Crippen molar-refractivity contribution in [3.8, 4) is 11.5 Å². The van der Waals surface area contributed by atoms with Gasteiger partial charge in [-0.2, -0.15) is 0 Å². The first kappa shape index (κ1) is 16.8. The number of carbonyl (C=O) groups excluding carboxylic acids is 1. The van der Waals surface area contributed by atoms with E-state index < -0.39 is 0 Å². The van der Waals surface area contributed by atoms with Gasteiger partial charge in [-0.1, -0.05) is 6.07 Å². The number of fused-ring (bicyclic) bond motifs is 3. The molecule has 1 atom stereocenters. The fraction of sp³-hybridized carbons (Fsp3) is 0.286. The summed E-state index contributed by atoms with van der Waals surface area (Å²) < 4.78 is 12.4. The van der Waals surface area contributed by atoms with Gasteiger partial charge in [-0.05, 0) is 49.2 Å². The number of hydrogen-bond acceptors (Lipinski definition) is 5. The summed E-state index contributed by atoms with van der Waals surface area (Å²) in [5.74, 6) is 1.97. The Morgan fingerprint density at radius 3 is 2.93 bits per heavy atom. The predicted molar refractivity (Wildman–Crippen MR) is 103 cm³/mol. The minimum absolute atomic E-state index is 0.0295. The zero-order valence-corrected chi connectivity index (χ0v) is 15.4. The summed E-state index contributed by atoms with van der Waals surface area (Å²) >= 11 is 0. The number of nitrogens with zero attached hydrogens (tertiary/aromatic N) is 2. The lowest BCUT2D eigenvalue weighted by molar-refractivity contribution is 0.0940. The molecule has 1 amide bonds. The standard InChI is InChI=1S/C21H19N3O4/c1-12(13-5-7-17-18(10-13)28-11-27-17)22-20(25)14-4-6-15-16(9-14)23-19-3-2-8-24(19)21(15)26/h4-7,9-10,12H,2-3,8,11H2,1H3,(H,22,25). The van der Waals surface area contributed by atoms with E-state index >= 15 is 0 Å². The molecule has 7 nitrogen and oxygen atoms in total. The molecule has 7 heteroatoms. The Morgan fingerprint density at radius 1 is 1.18 bits per heavy atom. The van der Waals surface area contributed by atoms with Crippen molar-refractivity contribution in [1.29, 1.82) is 0 Å². The average Bonchev–Trinajstić information content (AvgIpc) is 3.36. The van der Waals surface area contributed by atoms with Crippen LogP contribution in [0.25, 0.3) is 10.9 Å². The van der Waals surface area contributed by atoms with E-state index in [2.05, 4.69) is 10.3 Å². The molecule has 1 N–H and O–H groups in total. The largest absolute Gasteiger partial charge is 0.454 e. The third kappa shape index (κ3) is 2.70. The fourth-order valence-corrected chi connectivity index (χ4v) is 3.77. The zero-order valence-electron chi connectivity index (χ0n) is 15.4. The van der Waals surface area contributed by atoms with Crippen molar-refractivity contribution in [2.45, 2.75) is 32.4 Å². The molecule has 2 aliphatic heterocycles. The second-order valence-electron chi connectivity index (χ2n) is 7.13. The second kappa shape index (κ2) is 6.37. The summed E-state index contributed by atoms with van der Waals surface area (Å²) in [5, 5.41) is 3.54. The van der Waals surface area contributed by atoms with Gasteiger partial charge in [0.05, 0.1) is 16.9 Å². The number of benzene rings is 2. The summed E-state index contributed by atoms with van der Waals surface area (Å²) in [6.45, 7) is 2.84. The summed E-state index contributed by atoms with van der Waals surface area (Å²) in [4.78, 5) is 29.9. The van der Waals surface area contributed by atoms with Gasteiger partial charge in [-0.25, -0.2) is 4.98 Å². The van der Waals surface area contributed by atoms with Crippen LogP contribution in [0.2, 0.25) is 0 Å². The van der Waals surface area contributed by atoms with Gasteiger partial charge in [0.2, 0.25) is 6.79 Å². The van der Waals surface area contributed by atoms with Crippen LogP contribution in [0, 0.1) is 0 Å². The average molecular weight is 377 g/mol. The maximum Gasteiger partial charge on any atom is 0.261 e. The molecule has 0 fully saturated rings. The highest BCUT2D eigenvalue weighted by atomic mass is 16.7. The highest BCUT2D eigenvalue weighted by molar-refractivity contribution is 5.97. The summed E-state index contributed by atoms with van der Waals surface area (Å²) in [6, 6.07) is 10.5. The van der Waals surface area contributed by atoms with E-state index in [0.29, 0.717) is 34.5 Å². The molecule has 1 aromatic heterocycles. The quantitative estimate of drug-likeness (QED) is 0.759. The SMILES string of the molecule is CC(NC(=O)c1ccc2c(=O)n3c(nc2c1)CCC3)c1ccc2c(c1)OCO2. The molecule has 0 saturated carbocycles. The first-order valence-corrected chi connectivity index (χ1v) is 9.34. The lowest BCUT2D eigenvalue weighted by atomic mass is 10.1. The van der Waals surface area contributed by atoms with E-state index in [1.807, 2.05) is 25.1 Å². The number of carbonyl (C=O) groups is 1. The van der Waals surface area contributed by atoms with E-state index in [0.717, 1.165) is 24.2 Å². The number of aromatic nitrogens is 2. The van der Waals surface area contributed by atoms with Crippen molar-refractivity contribution in [3.05, 3.63) is 63.7 Å². The molecule has 5 rings (SSSR count). The Hall–Kier alpha value is -3.35. The van der Waals surface area contributed by atoms with Gasteiger partial charge in [-0.15, -0.1) is 0 Å². The van der Waals surface area contributed by atoms with E-state index in [1.54, 1.807) is 22.8 Å². The molecule has 0 radical (unpaired) electrons. The van der Waals surface area contributed by atoms with Crippen molar-refractivity contribution >= 4 is 16.8 Å². The molecule has 28 heavy (non-hydrogen) atoms. The van der Waals surface area contributed by atoms with Crippen molar-refractivity contribution < 1.29 is 14.3 Å². The number of amides is 1. The van der Waals surface area contributed by atoms with Gasteiger partial charge in [0.15, 0.2) is 11.5 Å². The zero-order chi connectivity index (χ0) is 19.3. The first-order valence-electron chi connectivity index (χ1n) is 9.34. The Morgan fingerprint density at radius 2 is 2.04 bits per heavy atom. The molecule has 0 aliphatic carbocycles. The van der Waals surface area contributed by atoms with Crippen LogP contribution in [0.4, 0.5) is 0 Å². The topological polar surface area (TPSA) is 82.5 Å². The smallest absolute Gasteiger partial charge is 0.261 e. The van der Waals surface area contributed by atoms with Crippen LogP contribution >= 0.6 is 0 Å². The lowest BCUT2D eigenvalue weighted by Gasteiger charge is -2.15. The monoisotopic (exact) mass is 377 g/mol. The molecule has 3 aromatic rings. The third-order valence-corrected chi connectivity index (χ3v) is 5.32. The number of nitrogens with one attached hydrogen (secondary N) is 1. The molecule has 3 heterocycles. The summed E-state index contributed by atoms with van der Waals surface area (Å²) in [5.41, 5.74) is 1.95. The van der Waals surface area contributed by atoms with E-state index in [1.165, 1.54) is 0 Å². The van der Waals surface area contributed by atoms with Crippen molar-refractivity contribution in [3.63, 3.8) is 0 Å². The van der Waals surface area contributed by atoms with Gasteiger partial charge in [-0.3, -0.25) is 14.2 Å². The first-order chi connectivity index (χ1) is 13.6. The minimum Gasteiger partial charge on any atom is -0.454 e. The van der Waals surface area contributed by atoms with Crippen molar-refractivity contribution in [2.75, 3.05) is 6.79 Å². The van der Waals surface area contributed by atoms with Crippen LogP contribution in [0.3, 0.4) is 0 Å². The van der Waals surface area contributed by atoms with Crippen LogP contribution in [-0.2, 0) is 13.0 Å². The Kier molecular flexibility index (Phi) is 3.82. The highest BCUT2D eigenvalue weighted by Crippen LogP contribution is 2.34. The number of ether oxygens (including phenoxy) is 2. The Bertz CT molecular complexity index is 1170. The molecule has 142 valence electrons. The van der Waals surface area contributed by atoms with Gasteiger partial charge in [0.1, 0.15) is 5.82 Å². The van der Waals surface area contributed by atoms with Gasteiger partial charge >= 0.3 is 0 Å². The maximum absolute atomic E-state index is 12.7.